The van der Waals surface area contributed by atoms with E-state index in [2.05, 4.69) is 55.4 Å². The number of hydrogen-bond donors (Lipinski definition) is 4. The number of carbonyl (C=O) groups excluding carboxylic acids is 4. The van der Waals surface area contributed by atoms with Crippen LogP contribution in [-0.2, 0) is 52.3 Å². The molecule has 4 N–H and O–H groups in total. The summed E-state index contributed by atoms with van der Waals surface area (Å²) in [6.07, 6.45) is 46.3. The highest BCUT2D eigenvalue weighted by atomic mass is 16.8. The number of aliphatic hydroxyl groups excluding tert-OH is 4. The molecular formula is C84H158O15. The highest BCUT2D eigenvalue weighted by Gasteiger charge is 2.64. The third-order valence-electron chi connectivity index (χ3n) is 20.6. The molecule has 0 aromatic carbocycles. The molecular weight excluding hydrogens is 1250 g/mol. The van der Waals surface area contributed by atoms with Crippen molar-refractivity contribution in [3.05, 3.63) is 0 Å². The van der Waals surface area contributed by atoms with E-state index in [9.17, 15) is 39.6 Å². The Hall–Kier alpha value is -2.40. The molecule has 99 heavy (non-hydrogen) atoms. The summed E-state index contributed by atoms with van der Waals surface area (Å²) in [5, 5.41) is 43.8. The lowest BCUT2D eigenvalue weighted by molar-refractivity contribution is -0.384. The fraction of sp³-hybridized carbons (Fsp3) is 0.952. The third-order valence-corrected chi connectivity index (χ3v) is 20.6. The van der Waals surface area contributed by atoms with Gasteiger partial charge in [0.1, 0.15) is 43.7 Å². The Labute approximate surface area is 607 Å². The van der Waals surface area contributed by atoms with Crippen molar-refractivity contribution in [3.8, 4) is 0 Å². The molecule has 0 aliphatic carbocycles. The van der Waals surface area contributed by atoms with Crippen molar-refractivity contribution >= 4 is 23.9 Å². The van der Waals surface area contributed by atoms with Gasteiger partial charge in [-0.15, -0.1) is 0 Å². The highest BCUT2D eigenvalue weighted by molar-refractivity contribution is 5.71. The van der Waals surface area contributed by atoms with E-state index in [1.54, 1.807) is 0 Å². The van der Waals surface area contributed by atoms with Gasteiger partial charge in [0, 0.05) is 25.7 Å². The zero-order valence-electron chi connectivity index (χ0n) is 65.4. The molecule has 2 saturated heterocycles. The first kappa shape index (κ1) is 92.7. The average Bonchev–Trinajstić information content (AvgIpc) is 1.62. The van der Waals surface area contributed by atoms with Crippen molar-refractivity contribution in [3.63, 3.8) is 0 Å². The number of unbranched alkanes of at least 4 members (excludes halogenated alkanes) is 44. The van der Waals surface area contributed by atoms with Crippen LogP contribution in [0.1, 0.15) is 415 Å². The molecule has 584 valence electrons. The van der Waals surface area contributed by atoms with Gasteiger partial charge in [0.25, 0.3) is 0 Å². The Morgan fingerprint density at radius 1 is 0.333 bits per heavy atom. The molecule has 0 amide bonds. The number of hydrogen-bond acceptors (Lipinski definition) is 15. The van der Waals surface area contributed by atoms with Crippen LogP contribution in [0.25, 0.3) is 0 Å². The van der Waals surface area contributed by atoms with Gasteiger partial charge in [-0.2, -0.15) is 0 Å². The van der Waals surface area contributed by atoms with Gasteiger partial charge in [0.15, 0.2) is 18.5 Å². The van der Waals surface area contributed by atoms with E-state index in [-0.39, 0.29) is 25.7 Å². The fourth-order valence-corrected chi connectivity index (χ4v) is 14.1. The van der Waals surface area contributed by atoms with Gasteiger partial charge in [-0.05, 0) is 49.4 Å². The summed E-state index contributed by atoms with van der Waals surface area (Å²) < 4.78 is 43.9. The zero-order valence-corrected chi connectivity index (χ0v) is 65.4. The van der Waals surface area contributed by atoms with Crippen LogP contribution >= 0.6 is 0 Å². The van der Waals surface area contributed by atoms with Gasteiger partial charge in [-0.3, -0.25) is 19.2 Å². The minimum absolute atomic E-state index is 0.000763. The smallest absolute Gasteiger partial charge is 0.306 e. The van der Waals surface area contributed by atoms with Gasteiger partial charge in [0.05, 0.1) is 6.61 Å². The minimum Gasteiger partial charge on any atom is -0.463 e. The Bertz CT molecular complexity index is 1890. The quantitative estimate of drug-likeness (QED) is 0.0253. The summed E-state index contributed by atoms with van der Waals surface area (Å²) in [6.45, 7) is 16.4. The molecule has 2 rings (SSSR count). The SMILES string of the molecule is CC(C)CCCCCCCCCCCCCCC(=O)OC[C@H]1O[C@@](COC(=O)CCCCCCCCCCCCCCC(C)C)(O[C@H]2O[C@H](CO)[C@@H](O)[C@H](O)[C@H]2O)[C@@H](OC(=O)CCCCCCCCCCCCCCC(C)C)[C@@H]1OC(=O)CCCCCCCCCCCCCCC(C)C. The van der Waals surface area contributed by atoms with Gasteiger partial charge < -0.3 is 53.6 Å². The molecule has 2 heterocycles. The lowest BCUT2D eigenvalue weighted by Crippen LogP contribution is -2.63. The number of carbonyl (C=O) groups is 4. The van der Waals surface area contributed by atoms with E-state index in [1.807, 2.05) is 0 Å². The van der Waals surface area contributed by atoms with Gasteiger partial charge >= 0.3 is 23.9 Å². The summed E-state index contributed by atoms with van der Waals surface area (Å²) in [5.41, 5.74) is 0. The first-order valence-electron chi connectivity index (χ1n) is 42.2. The van der Waals surface area contributed by atoms with Crippen LogP contribution < -0.4 is 0 Å². The second kappa shape index (κ2) is 61.9. The molecule has 0 spiro atoms. The number of aliphatic hydroxyl groups is 4. The second-order valence-corrected chi connectivity index (χ2v) is 32.2. The van der Waals surface area contributed by atoms with E-state index in [0.29, 0.717) is 25.7 Å². The Balaban J connectivity index is 2.32. The molecule has 9 atom stereocenters. The van der Waals surface area contributed by atoms with Gasteiger partial charge in [0.2, 0.25) is 5.79 Å². The summed E-state index contributed by atoms with van der Waals surface area (Å²) in [6, 6.07) is 0. The van der Waals surface area contributed by atoms with E-state index < -0.39 is 98.5 Å². The van der Waals surface area contributed by atoms with E-state index in [0.717, 1.165) is 120 Å². The maximum absolute atomic E-state index is 14.4. The largest absolute Gasteiger partial charge is 0.463 e. The molecule has 0 bridgehead atoms. The summed E-state index contributed by atoms with van der Waals surface area (Å²) >= 11 is 0. The first-order valence-corrected chi connectivity index (χ1v) is 42.2. The second-order valence-electron chi connectivity index (χ2n) is 32.2. The normalized spacial score (nSPS) is 21.0. The molecule has 0 saturated carbocycles. The summed E-state index contributed by atoms with van der Waals surface area (Å²) in [7, 11) is 0. The lowest BCUT2D eigenvalue weighted by atomic mass is 9.98. The van der Waals surface area contributed by atoms with Crippen LogP contribution in [-0.4, -0.2) is 119 Å². The highest BCUT2D eigenvalue weighted by Crippen LogP contribution is 2.41. The van der Waals surface area contributed by atoms with Crippen molar-refractivity contribution in [1.29, 1.82) is 0 Å². The zero-order chi connectivity index (χ0) is 72.4. The van der Waals surface area contributed by atoms with Gasteiger partial charge in [-0.1, -0.05) is 364 Å². The molecule has 0 unspecified atom stereocenters. The predicted molar refractivity (Wildman–Crippen MR) is 402 cm³/mol. The van der Waals surface area contributed by atoms with Crippen LogP contribution in [0, 0.1) is 23.7 Å². The van der Waals surface area contributed by atoms with E-state index in [4.69, 9.17) is 33.2 Å². The Kier molecular flexibility index (Phi) is 57.9. The van der Waals surface area contributed by atoms with Crippen LogP contribution in [0.5, 0.6) is 0 Å². The van der Waals surface area contributed by atoms with Crippen LogP contribution in [0.2, 0.25) is 0 Å². The number of rotatable bonds is 69. The fourth-order valence-electron chi connectivity index (χ4n) is 14.1. The maximum Gasteiger partial charge on any atom is 0.306 e. The van der Waals surface area contributed by atoms with E-state index >= 15 is 0 Å². The number of esters is 4. The maximum atomic E-state index is 14.4. The number of ether oxygens (including phenoxy) is 7. The van der Waals surface area contributed by atoms with Crippen molar-refractivity contribution < 1.29 is 72.8 Å². The molecule has 0 radical (unpaired) electrons. The monoisotopic (exact) mass is 1410 g/mol. The predicted octanol–water partition coefficient (Wildman–Crippen LogP) is 21.3. The molecule has 2 aliphatic rings. The Morgan fingerprint density at radius 2 is 0.606 bits per heavy atom. The molecule has 2 aliphatic heterocycles. The van der Waals surface area contributed by atoms with Crippen molar-refractivity contribution in [1.82, 2.24) is 0 Å². The first-order chi connectivity index (χ1) is 47.9. The topological polar surface area (TPSA) is 214 Å². The van der Waals surface area contributed by atoms with Crippen molar-refractivity contribution in [2.75, 3.05) is 19.8 Å². The summed E-state index contributed by atoms with van der Waals surface area (Å²) in [4.78, 5) is 56.2. The summed E-state index contributed by atoms with van der Waals surface area (Å²) in [5.74, 6) is -1.63. The third kappa shape index (κ3) is 49.1. The average molecular weight is 1410 g/mol. The van der Waals surface area contributed by atoms with Gasteiger partial charge in [-0.25, -0.2) is 0 Å². The Morgan fingerprint density at radius 3 is 0.909 bits per heavy atom. The lowest BCUT2D eigenvalue weighted by Gasteiger charge is -2.43. The van der Waals surface area contributed by atoms with Crippen LogP contribution in [0.3, 0.4) is 0 Å². The van der Waals surface area contributed by atoms with Crippen molar-refractivity contribution in [2.45, 2.75) is 470 Å². The van der Waals surface area contributed by atoms with Crippen LogP contribution in [0.15, 0.2) is 0 Å². The molecule has 2 fully saturated rings. The standard InChI is InChI=1S/C84H158O15/c1-68(2)57-49-41-33-25-17-9-13-21-29-37-45-53-61-74(86)93-66-73-81(96-76(88)63-55-47-39-31-23-15-11-19-27-35-43-51-59-70(5)6)82(97-77(89)64-56-48-40-32-24-16-12-20-28-36-44-52-60-71(7)8)84(98-73,99-83-80(92)79(91)78(90)72(65-85)95-83)67-94-75(87)62-54-46-38-30-22-14-10-18-26-34-42-50-58-69(3)4/h68-73,78-83,85,90-92H,9-67H2,1-8H3/t72-,73-,78-,79+,80-,81-,82+,83-,84+/m1/s1. The molecule has 0 aromatic rings. The minimum atomic E-state index is -2.38. The molecule has 0 aromatic heterocycles. The molecule has 15 nitrogen and oxygen atoms in total. The van der Waals surface area contributed by atoms with E-state index in [1.165, 1.54) is 212 Å². The van der Waals surface area contributed by atoms with Crippen LogP contribution in [0.4, 0.5) is 0 Å². The molecule has 15 heteroatoms. The van der Waals surface area contributed by atoms with Crippen molar-refractivity contribution in [2.24, 2.45) is 23.7 Å².